The lowest BCUT2D eigenvalue weighted by Gasteiger charge is -2.30. The van der Waals surface area contributed by atoms with Gasteiger partial charge in [0.05, 0.1) is 6.42 Å². The molecule has 18 heavy (non-hydrogen) atoms. The van der Waals surface area contributed by atoms with E-state index in [4.69, 9.17) is 5.11 Å². The van der Waals surface area contributed by atoms with E-state index in [9.17, 15) is 9.59 Å². The minimum atomic E-state index is -0.880. The first-order valence-electron chi connectivity index (χ1n) is 6.48. The zero-order valence-corrected chi connectivity index (χ0v) is 11.1. The van der Waals surface area contributed by atoms with Crippen molar-refractivity contribution in [2.24, 2.45) is 0 Å². The molecule has 0 fully saturated rings. The summed E-state index contributed by atoms with van der Waals surface area (Å²) in [6, 6.07) is -0.272. The quantitative estimate of drug-likeness (QED) is 0.737. The average molecular weight is 254 g/mol. The SMILES string of the molecule is CCN(C(=O)NC1CC=CCC1)C(C)CC(=O)O. The van der Waals surface area contributed by atoms with Gasteiger partial charge >= 0.3 is 12.0 Å². The van der Waals surface area contributed by atoms with E-state index in [1.54, 1.807) is 11.8 Å². The Balaban J connectivity index is 2.50. The Morgan fingerprint density at radius 3 is 2.72 bits per heavy atom. The van der Waals surface area contributed by atoms with Gasteiger partial charge in [0.1, 0.15) is 0 Å². The summed E-state index contributed by atoms with van der Waals surface area (Å²) in [5.74, 6) is -0.880. The van der Waals surface area contributed by atoms with Crippen LogP contribution in [0.25, 0.3) is 0 Å². The molecule has 0 radical (unpaired) electrons. The van der Waals surface area contributed by atoms with Crippen LogP contribution in [0.15, 0.2) is 12.2 Å². The van der Waals surface area contributed by atoms with Crippen LogP contribution in [0.5, 0.6) is 0 Å². The molecule has 5 nitrogen and oxygen atoms in total. The summed E-state index contributed by atoms with van der Waals surface area (Å²) >= 11 is 0. The van der Waals surface area contributed by atoms with Crippen molar-refractivity contribution >= 4 is 12.0 Å². The van der Waals surface area contributed by atoms with Gasteiger partial charge in [-0.25, -0.2) is 4.79 Å². The highest BCUT2D eigenvalue weighted by Crippen LogP contribution is 2.12. The second-order valence-corrected chi connectivity index (χ2v) is 4.66. The van der Waals surface area contributed by atoms with Crippen molar-refractivity contribution < 1.29 is 14.7 Å². The predicted octanol–water partition coefficient (Wildman–Crippen LogP) is 1.99. The van der Waals surface area contributed by atoms with Crippen LogP contribution in [0.1, 0.15) is 39.5 Å². The predicted molar refractivity (Wildman–Crippen MR) is 69.4 cm³/mol. The van der Waals surface area contributed by atoms with Gasteiger partial charge in [0.15, 0.2) is 0 Å². The van der Waals surface area contributed by atoms with Crippen LogP contribution in [-0.2, 0) is 4.79 Å². The van der Waals surface area contributed by atoms with Crippen LogP contribution in [-0.4, -0.2) is 40.6 Å². The number of allylic oxidation sites excluding steroid dienone is 1. The molecule has 0 heterocycles. The maximum absolute atomic E-state index is 12.1. The first-order chi connectivity index (χ1) is 8.54. The van der Waals surface area contributed by atoms with Crippen molar-refractivity contribution in [2.75, 3.05) is 6.54 Å². The fraction of sp³-hybridized carbons (Fsp3) is 0.692. The Bertz CT molecular complexity index is 328. The molecule has 0 spiro atoms. The lowest BCUT2D eigenvalue weighted by molar-refractivity contribution is -0.138. The second-order valence-electron chi connectivity index (χ2n) is 4.66. The number of urea groups is 1. The largest absolute Gasteiger partial charge is 0.481 e. The van der Waals surface area contributed by atoms with Crippen LogP contribution in [0.4, 0.5) is 4.79 Å². The summed E-state index contributed by atoms with van der Waals surface area (Å²) in [6.07, 6.45) is 6.97. The van der Waals surface area contributed by atoms with Gasteiger partial charge in [-0.05, 0) is 33.1 Å². The molecule has 102 valence electrons. The van der Waals surface area contributed by atoms with Crippen LogP contribution in [0.3, 0.4) is 0 Å². The number of aliphatic carboxylic acids is 1. The number of carbonyl (C=O) groups is 2. The molecular formula is C13H22N2O3. The van der Waals surface area contributed by atoms with Crippen LogP contribution >= 0.6 is 0 Å². The summed E-state index contributed by atoms with van der Waals surface area (Å²) in [7, 11) is 0. The van der Waals surface area contributed by atoms with E-state index in [2.05, 4.69) is 17.5 Å². The number of nitrogens with one attached hydrogen (secondary N) is 1. The number of rotatable bonds is 5. The van der Waals surface area contributed by atoms with Gasteiger partial charge in [0.2, 0.25) is 0 Å². The minimum absolute atomic E-state index is 0.0220. The zero-order valence-electron chi connectivity index (χ0n) is 11.1. The number of carbonyl (C=O) groups excluding carboxylic acids is 1. The molecule has 0 aliphatic heterocycles. The van der Waals surface area contributed by atoms with Crippen molar-refractivity contribution in [3.05, 3.63) is 12.2 Å². The topological polar surface area (TPSA) is 69.6 Å². The Morgan fingerprint density at radius 2 is 2.22 bits per heavy atom. The summed E-state index contributed by atoms with van der Waals surface area (Å²) < 4.78 is 0. The number of carboxylic acid groups (broad SMARTS) is 1. The molecule has 2 amide bonds. The average Bonchev–Trinajstić information content (AvgIpc) is 2.30. The summed E-state index contributed by atoms with van der Waals surface area (Å²) in [4.78, 5) is 24.3. The monoisotopic (exact) mass is 254 g/mol. The fourth-order valence-electron chi connectivity index (χ4n) is 2.20. The molecule has 5 heteroatoms. The van der Waals surface area contributed by atoms with E-state index in [-0.39, 0.29) is 24.5 Å². The molecule has 2 unspecified atom stereocenters. The second kappa shape index (κ2) is 7.03. The Labute approximate surface area is 108 Å². The van der Waals surface area contributed by atoms with E-state index in [1.807, 2.05) is 6.92 Å². The molecule has 1 rings (SSSR count). The van der Waals surface area contributed by atoms with Gasteiger partial charge in [-0.3, -0.25) is 4.79 Å². The smallest absolute Gasteiger partial charge is 0.317 e. The van der Waals surface area contributed by atoms with E-state index in [1.165, 1.54) is 0 Å². The van der Waals surface area contributed by atoms with Gasteiger partial charge in [0, 0.05) is 18.6 Å². The molecule has 0 aromatic carbocycles. The molecule has 0 saturated carbocycles. The molecule has 0 bridgehead atoms. The van der Waals surface area contributed by atoms with E-state index in [0.717, 1.165) is 19.3 Å². The number of hydrogen-bond donors (Lipinski definition) is 2. The molecule has 0 aromatic heterocycles. The van der Waals surface area contributed by atoms with E-state index in [0.29, 0.717) is 6.54 Å². The highest BCUT2D eigenvalue weighted by molar-refractivity contribution is 5.76. The van der Waals surface area contributed by atoms with Gasteiger partial charge in [-0.15, -0.1) is 0 Å². The standard InChI is InChI=1S/C13H22N2O3/c1-3-15(10(2)9-12(16)17)13(18)14-11-7-5-4-6-8-11/h4-5,10-11H,3,6-9H2,1-2H3,(H,14,18)(H,16,17). The van der Waals surface area contributed by atoms with Gasteiger partial charge in [-0.1, -0.05) is 12.2 Å². The fourth-order valence-corrected chi connectivity index (χ4v) is 2.20. The molecule has 2 N–H and O–H groups in total. The van der Waals surface area contributed by atoms with Crippen molar-refractivity contribution in [2.45, 2.75) is 51.6 Å². The number of carboxylic acids is 1. The highest BCUT2D eigenvalue weighted by Gasteiger charge is 2.22. The Kier molecular flexibility index (Phi) is 5.68. The van der Waals surface area contributed by atoms with Crippen LogP contribution < -0.4 is 5.32 Å². The Morgan fingerprint density at radius 1 is 1.50 bits per heavy atom. The first-order valence-corrected chi connectivity index (χ1v) is 6.48. The minimum Gasteiger partial charge on any atom is -0.481 e. The molecule has 2 atom stereocenters. The third-order valence-electron chi connectivity index (χ3n) is 3.20. The maximum atomic E-state index is 12.1. The van der Waals surface area contributed by atoms with Gasteiger partial charge < -0.3 is 15.3 Å². The zero-order chi connectivity index (χ0) is 13.5. The van der Waals surface area contributed by atoms with Crippen molar-refractivity contribution in [1.29, 1.82) is 0 Å². The maximum Gasteiger partial charge on any atom is 0.317 e. The van der Waals surface area contributed by atoms with Crippen molar-refractivity contribution in [1.82, 2.24) is 10.2 Å². The molecule has 0 aromatic rings. The van der Waals surface area contributed by atoms with Gasteiger partial charge in [0.25, 0.3) is 0 Å². The number of nitrogens with zero attached hydrogens (tertiary/aromatic N) is 1. The summed E-state index contributed by atoms with van der Waals surface area (Å²) in [6.45, 7) is 4.14. The third-order valence-corrected chi connectivity index (χ3v) is 3.20. The van der Waals surface area contributed by atoms with Crippen LogP contribution in [0, 0.1) is 0 Å². The van der Waals surface area contributed by atoms with E-state index >= 15 is 0 Å². The highest BCUT2D eigenvalue weighted by atomic mass is 16.4. The Hall–Kier alpha value is -1.52. The molecular weight excluding hydrogens is 232 g/mol. The normalized spacial score (nSPS) is 20.2. The number of amides is 2. The summed E-state index contributed by atoms with van der Waals surface area (Å²) in [5, 5.41) is 11.7. The lowest BCUT2D eigenvalue weighted by atomic mass is 10.0. The van der Waals surface area contributed by atoms with Crippen molar-refractivity contribution in [3.8, 4) is 0 Å². The van der Waals surface area contributed by atoms with Gasteiger partial charge in [-0.2, -0.15) is 0 Å². The summed E-state index contributed by atoms with van der Waals surface area (Å²) in [5.41, 5.74) is 0. The van der Waals surface area contributed by atoms with Crippen molar-refractivity contribution in [3.63, 3.8) is 0 Å². The van der Waals surface area contributed by atoms with Crippen LogP contribution in [0.2, 0.25) is 0 Å². The molecule has 1 aliphatic carbocycles. The third kappa shape index (κ3) is 4.39. The lowest BCUT2D eigenvalue weighted by Crippen LogP contribution is -2.49. The molecule has 1 aliphatic rings. The first kappa shape index (κ1) is 14.5. The number of hydrogen-bond acceptors (Lipinski definition) is 2. The molecule has 0 saturated heterocycles. The van der Waals surface area contributed by atoms with E-state index < -0.39 is 5.97 Å².